The summed E-state index contributed by atoms with van der Waals surface area (Å²) in [6.07, 6.45) is 1.02. The Morgan fingerprint density at radius 1 is 1.50 bits per heavy atom. The van der Waals surface area contributed by atoms with Gasteiger partial charge >= 0.3 is 0 Å². The molecule has 4 N–H and O–H groups in total. The minimum Gasteiger partial charge on any atom is -0.409 e. The summed E-state index contributed by atoms with van der Waals surface area (Å²) in [6, 6.07) is 4.88. The van der Waals surface area contributed by atoms with Gasteiger partial charge in [0.05, 0.1) is 5.56 Å². The molecule has 1 amide bonds. The predicted molar refractivity (Wildman–Crippen MR) is 83.3 cm³/mol. The molecule has 7 heteroatoms. The lowest BCUT2D eigenvalue weighted by molar-refractivity contribution is 0.0917. The van der Waals surface area contributed by atoms with E-state index in [1.807, 2.05) is 13.8 Å². The molecule has 0 bridgehead atoms. The van der Waals surface area contributed by atoms with Crippen LogP contribution in [0.25, 0.3) is 0 Å². The van der Waals surface area contributed by atoms with Gasteiger partial charge in [-0.15, -0.1) is 0 Å². The lowest BCUT2D eigenvalue weighted by Crippen LogP contribution is -2.56. The average molecular weight is 363 g/mol. The summed E-state index contributed by atoms with van der Waals surface area (Å²) in [5.74, 6) is -0.329. The van der Waals surface area contributed by atoms with Crippen LogP contribution in [-0.2, 0) is 0 Å². The van der Waals surface area contributed by atoms with Gasteiger partial charge in [-0.3, -0.25) is 4.79 Å². The molecule has 0 fully saturated rings. The van der Waals surface area contributed by atoms with Crippen molar-refractivity contribution < 1.29 is 10.0 Å². The molecule has 1 aromatic rings. The van der Waals surface area contributed by atoms with Gasteiger partial charge in [-0.2, -0.15) is 0 Å². The van der Waals surface area contributed by atoms with Crippen LogP contribution in [0.1, 0.15) is 37.0 Å². The van der Waals surface area contributed by atoms with E-state index in [4.69, 9.17) is 22.5 Å². The van der Waals surface area contributed by atoms with E-state index in [0.717, 1.165) is 0 Å². The molecule has 0 spiro atoms. The van der Waals surface area contributed by atoms with Gasteiger partial charge in [-0.25, -0.2) is 0 Å². The lowest BCUT2D eigenvalue weighted by Gasteiger charge is -2.31. The van der Waals surface area contributed by atoms with Gasteiger partial charge in [-0.1, -0.05) is 30.6 Å². The zero-order valence-electron chi connectivity index (χ0n) is 11.3. The number of nitrogens with zero attached hydrogens (tertiary/aromatic N) is 1. The molecule has 0 heterocycles. The molecule has 0 atom stereocenters. The first-order valence-electron chi connectivity index (χ1n) is 6.15. The van der Waals surface area contributed by atoms with Crippen molar-refractivity contribution in [3.63, 3.8) is 0 Å². The number of halogens is 2. The molecular weight excluding hydrogens is 346 g/mol. The van der Waals surface area contributed by atoms with Crippen LogP contribution in [0.4, 0.5) is 0 Å². The Morgan fingerprint density at radius 2 is 2.10 bits per heavy atom. The molecule has 1 aromatic carbocycles. The van der Waals surface area contributed by atoms with Crippen LogP contribution >= 0.6 is 27.5 Å². The molecule has 110 valence electrons. The van der Waals surface area contributed by atoms with Crippen LogP contribution in [-0.4, -0.2) is 22.5 Å². The van der Waals surface area contributed by atoms with Gasteiger partial charge < -0.3 is 16.3 Å². The summed E-state index contributed by atoms with van der Waals surface area (Å²) >= 11 is 9.15. The van der Waals surface area contributed by atoms with Crippen LogP contribution in [0, 0.1) is 0 Å². The molecule has 0 aliphatic carbocycles. The van der Waals surface area contributed by atoms with E-state index in [-0.39, 0.29) is 11.7 Å². The van der Waals surface area contributed by atoms with E-state index in [9.17, 15) is 4.79 Å². The molecule has 5 nitrogen and oxygen atoms in total. The van der Waals surface area contributed by atoms with Crippen LogP contribution in [0.5, 0.6) is 0 Å². The largest absolute Gasteiger partial charge is 0.409 e. The zero-order chi connectivity index (χ0) is 15.3. The highest BCUT2D eigenvalue weighted by Crippen LogP contribution is 2.23. The summed E-state index contributed by atoms with van der Waals surface area (Å²) in [5.41, 5.74) is 5.28. The Hall–Kier alpha value is -1.27. The molecule has 0 aliphatic rings. The van der Waals surface area contributed by atoms with E-state index in [1.165, 1.54) is 0 Å². The second-order valence-corrected chi connectivity index (χ2v) is 5.64. The number of amidine groups is 1. The number of rotatable bonds is 5. The molecule has 1 rings (SSSR count). The third kappa shape index (κ3) is 3.43. The summed E-state index contributed by atoms with van der Waals surface area (Å²) in [7, 11) is 0. The van der Waals surface area contributed by atoms with E-state index in [1.54, 1.807) is 18.2 Å². The molecular formula is C13H17BrClN3O2. The van der Waals surface area contributed by atoms with Gasteiger partial charge in [0, 0.05) is 9.50 Å². The Labute approximate surface area is 131 Å². The van der Waals surface area contributed by atoms with Gasteiger partial charge in [0.25, 0.3) is 5.91 Å². The molecule has 0 unspecified atom stereocenters. The molecule has 0 saturated carbocycles. The van der Waals surface area contributed by atoms with Crippen molar-refractivity contribution in [2.24, 2.45) is 10.9 Å². The van der Waals surface area contributed by atoms with Crippen LogP contribution in [0.2, 0.25) is 5.02 Å². The quantitative estimate of drug-likeness (QED) is 0.325. The summed E-state index contributed by atoms with van der Waals surface area (Å²) in [5, 5.41) is 15.3. The number of carbonyl (C=O) groups excluding carboxylic acids is 1. The fraction of sp³-hybridized carbons (Fsp3) is 0.385. The Morgan fingerprint density at radius 3 is 2.55 bits per heavy atom. The lowest BCUT2D eigenvalue weighted by atomic mass is 9.91. The van der Waals surface area contributed by atoms with Crippen molar-refractivity contribution in [2.75, 3.05) is 0 Å². The number of benzene rings is 1. The first-order chi connectivity index (χ1) is 9.40. The highest BCUT2D eigenvalue weighted by atomic mass is 79.9. The van der Waals surface area contributed by atoms with Gasteiger partial charge in [0.2, 0.25) is 0 Å². The SMILES string of the molecule is CCC(CC)(NC(=O)c1ccc(Cl)cc1Br)/C(N)=N/O. The van der Waals surface area contributed by atoms with Gasteiger partial charge in [0.15, 0.2) is 5.84 Å². The summed E-state index contributed by atoms with van der Waals surface area (Å²) in [4.78, 5) is 12.4. The molecule has 0 aliphatic heterocycles. The van der Waals surface area contributed by atoms with Crippen molar-refractivity contribution in [2.45, 2.75) is 32.2 Å². The first-order valence-corrected chi connectivity index (χ1v) is 7.32. The van der Waals surface area contributed by atoms with E-state index < -0.39 is 5.54 Å². The first kappa shape index (κ1) is 16.8. The van der Waals surface area contributed by atoms with Gasteiger partial charge in [0.1, 0.15) is 5.54 Å². The van der Waals surface area contributed by atoms with Crippen LogP contribution in [0.15, 0.2) is 27.8 Å². The topological polar surface area (TPSA) is 87.7 Å². The number of hydrogen-bond donors (Lipinski definition) is 3. The maximum atomic E-state index is 12.4. The molecule has 0 aromatic heterocycles. The highest BCUT2D eigenvalue weighted by Gasteiger charge is 2.33. The third-order valence-corrected chi connectivity index (χ3v) is 4.22. The number of carbonyl (C=O) groups is 1. The van der Waals surface area contributed by atoms with Crippen LogP contribution < -0.4 is 11.1 Å². The number of hydrogen-bond acceptors (Lipinski definition) is 3. The predicted octanol–water partition coefficient (Wildman–Crippen LogP) is 3.14. The molecule has 20 heavy (non-hydrogen) atoms. The van der Waals surface area contributed by atoms with Crippen molar-refractivity contribution in [3.05, 3.63) is 33.3 Å². The average Bonchev–Trinajstić information content (AvgIpc) is 2.43. The number of amides is 1. The Bertz CT molecular complexity index is 530. The van der Waals surface area contributed by atoms with Gasteiger partial charge in [-0.05, 0) is 47.0 Å². The van der Waals surface area contributed by atoms with Crippen molar-refractivity contribution in [1.29, 1.82) is 0 Å². The smallest absolute Gasteiger partial charge is 0.253 e. The maximum absolute atomic E-state index is 12.4. The Kier molecular flexibility index (Phi) is 5.83. The highest BCUT2D eigenvalue weighted by molar-refractivity contribution is 9.10. The van der Waals surface area contributed by atoms with E-state index in [0.29, 0.717) is 27.9 Å². The van der Waals surface area contributed by atoms with E-state index >= 15 is 0 Å². The zero-order valence-corrected chi connectivity index (χ0v) is 13.6. The fourth-order valence-corrected chi connectivity index (χ4v) is 2.77. The Balaban J connectivity index is 3.09. The maximum Gasteiger partial charge on any atom is 0.253 e. The second kappa shape index (κ2) is 6.95. The standard InChI is InChI=1S/C13H17BrClN3O2/c1-3-13(4-2,12(16)18-20)17-11(19)9-6-5-8(15)7-10(9)14/h5-7,20H,3-4H2,1-2H3,(H2,16,18)(H,17,19). The molecule has 0 radical (unpaired) electrons. The summed E-state index contributed by atoms with van der Waals surface area (Å²) in [6.45, 7) is 3.72. The van der Waals surface area contributed by atoms with Crippen molar-refractivity contribution >= 4 is 39.3 Å². The van der Waals surface area contributed by atoms with Crippen LogP contribution in [0.3, 0.4) is 0 Å². The fourth-order valence-electron chi connectivity index (χ4n) is 1.91. The van der Waals surface area contributed by atoms with E-state index in [2.05, 4.69) is 26.4 Å². The van der Waals surface area contributed by atoms with Crippen molar-refractivity contribution in [1.82, 2.24) is 5.32 Å². The number of nitrogens with two attached hydrogens (primary N) is 1. The third-order valence-electron chi connectivity index (χ3n) is 3.33. The minimum atomic E-state index is -0.870. The number of nitrogens with one attached hydrogen (secondary N) is 1. The van der Waals surface area contributed by atoms with Crippen molar-refractivity contribution in [3.8, 4) is 0 Å². The minimum absolute atomic E-state index is 0.0130. The molecule has 0 saturated heterocycles. The second-order valence-electron chi connectivity index (χ2n) is 4.35. The number of oxime groups is 1. The normalized spacial score (nSPS) is 12.3. The monoisotopic (exact) mass is 361 g/mol. The summed E-state index contributed by atoms with van der Waals surface area (Å²) < 4.78 is 0.586.